The smallest absolute Gasteiger partial charge is 0.370 e. The number of rotatable bonds is 7. The summed E-state index contributed by atoms with van der Waals surface area (Å²) in [5.74, 6) is -1.19. The van der Waals surface area contributed by atoms with Crippen molar-refractivity contribution in [2.75, 3.05) is 13.1 Å². The number of carbonyl (C=O) groups is 1. The summed E-state index contributed by atoms with van der Waals surface area (Å²) >= 11 is 0. The molecule has 0 radical (unpaired) electrons. The molecule has 1 aliphatic heterocycles. The quantitative estimate of drug-likeness (QED) is 0.406. The third kappa shape index (κ3) is 6.31. The van der Waals surface area contributed by atoms with E-state index in [0.29, 0.717) is 44.5 Å². The van der Waals surface area contributed by atoms with Crippen LogP contribution in [0, 0.1) is 11.7 Å². The van der Waals surface area contributed by atoms with Crippen LogP contribution in [0.5, 0.6) is 0 Å². The molecule has 5 atom stereocenters. The molecule has 1 saturated heterocycles. The minimum absolute atomic E-state index is 0.0372. The van der Waals surface area contributed by atoms with Crippen LogP contribution in [0.2, 0.25) is 0 Å². The highest BCUT2D eigenvalue weighted by Crippen LogP contribution is 2.45. The van der Waals surface area contributed by atoms with Crippen molar-refractivity contribution < 1.29 is 40.3 Å². The first kappa shape index (κ1) is 28.4. The molecule has 38 heavy (non-hydrogen) atoms. The number of ether oxygens (including phenoxy) is 1. The Hall–Kier alpha value is -2.66. The second-order valence-electron chi connectivity index (χ2n) is 10.1. The van der Waals surface area contributed by atoms with Gasteiger partial charge < -0.3 is 10.5 Å². The summed E-state index contributed by atoms with van der Waals surface area (Å²) in [6, 6.07) is 6.89. The molecular weight excluding hydrogens is 517 g/mol. The van der Waals surface area contributed by atoms with Gasteiger partial charge in [0.05, 0.1) is 29.4 Å². The summed E-state index contributed by atoms with van der Waals surface area (Å²) in [6.07, 6.45) is -8.93. The number of likely N-dealkylation sites (tertiary alicyclic amines) is 1. The molecule has 0 bridgehead atoms. The standard InChI is InChI=1S/C27H29F7N2O2/c1-15(18-11-19(26(29,30)31)13-20(12-18)27(32,33)34)38-23-9-6-17(14-36-10-2-3-22(36)25(35)37)24(23)16-4-7-21(28)8-5-16/h4-5,7-8,11-13,15,17,22-24H,2-3,6,9-10,14H2,1H3,(H2,35,37)/t15-,17?,22-,23?,24?/m1/s1. The number of amides is 1. The van der Waals surface area contributed by atoms with Crippen molar-refractivity contribution in [2.45, 2.75) is 69.1 Å². The van der Waals surface area contributed by atoms with Gasteiger partial charge in [-0.3, -0.25) is 9.69 Å². The van der Waals surface area contributed by atoms with E-state index in [0.717, 1.165) is 12.0 Å². The Morgan fingerprint density at radius 2 is 1.61 bits per heavy atom. The van der Waals surface area contributed by atoms with E-state index in [1.54, 1.807) is 12.1 Å². The van der Waals surface area contributed by atoms with Gasteiger partial charge in [0.1, 0.15) is 5.82 Å². The molecule has 1 heterocycles. The summed E-state index contributed by atoms with van der Waals surface area (Å²) in [7, 11) is 0. The number of halogens is 7. The first-order chi connectivity index (χ1) is 17.7. The summed E-state index contributed by atoms with van der Waals surface area (Å²) in [5.41, 5.74) is 3.28. The van der Waals surface area contributed by atoms with Gasteiger partial charge in [0, 0.05) is 12.5 Å². The lowest BCUT2D eigenvalue weighted by atomic mass is 9.86. The zero-order chi connectivity index (χ0) is 27.8. The second-order valence-corrected chi connectivity index (χ2v) is 10.1. The molecule has 2 aromatic rings. The van der Waals surface area contributed by atoms with Crippen LogP contribution in [0.4, 0.5) is 30.7 Å². The molecule has 2 aliphatic rings. The molecule has 1 amide bonds. The molecular formula is C27H29F7N2O2. The Morgan fingerprint density at radius 3 is 2.16 bits per heavy atom. The van der Waals surface area contributed by atoms with Crippen LogP contribution in [0.1, 0.15) is 66.9 Å². The lowest BCUT2D eigenvalue weighted by Gasteiger charge is -2.32. The van der Waals surface area contributed by atoms with Crippen molar-refractivity contribution in [1.82, 2.24) is 4.90 Å². The van der Waals surface area contributed by atoms with Gasteiger partial charge in [0.25, 0.3) is 0 Å². The maximum Gasteiger partial charge on any atom is 0.416 e. The van der Waals surface area contributed by atoms with Gasteiger partial charge >= 0.3 is 12.4 Å². The van der Waals surface area contributed by atoms with E-state index in [1.165, 1.54) is 19.1 Å². The van der Waals surface area contributed by atoms with E-state index < -0.39 is 53.5 Å². The number of benzene rings is 2. The van der Waals surface area contributed by atoms with Crippen molar-refractivity contribution in [2.24, 2.45) is 11.7 Å². The highest BCUT2D eigenvalue weighted by atomic mass is 19.4. The summed E-state index contributed by atoms with van der Waals surface area (Å²) in [6.45, 7) is 2.63. The average Bonchev–Trinajstić information content (AvgIpc) is 3.46. The van der Waals surface area contributed by atoms with E-state index in [9.17, 15) is 35.5 Å². The van der Waals surface area contributed by atoms with Gasteiger partial charge in [-0.25, -0.2) is 4.39 Å². The summed E-state index contributed by atoms with van der Waals surface area (Å²) < 4.78 is 100. The Balaban J connectivity index is 1.61. The van der Waals surface area contributed by atoms with Gasteiger partial charge in [-0.15, -0.1) is 0 Å². The molecule has 2 aromatic carbocycles. The minimum Gasteiger partial charge on any atom is -0.370 e. The molecule has 4 nitrogen and oxygen atoms in total. The summed E-state index contributed by atoms with van der Waals surface area (Å²) in [5, 5.41) is 0. The molecule has 0 spiro atoms. The van der Waals surface area contributed by atoms with E-state index in [2.05, 4.69) is 0 Å². The first-order valence-corrected chi connectivity index (χ1v) is 12.5. The molecule has 208 valence electrons. The van der Waals surface area contributed by atoms with Gasteiger partial charge in [0.2, 0.25) is 5.91 Å². The average molecular weight is 547 g/mol. The third-order valence-electron chi connectivity index (χ3n) is 7.60. The van der Waals surface area contributed by atoms with Crippen molar-refractivity contribution in [3.63, 3.8) is 0 Å². The van der Waals surface area contributed by atoms with Crippen molar-refractivity contribution in [3.05, 3.63) is 70.5 Å². The molecule has 0 aromatic heterocycles. The largest absolute Gasteiger partial charge is 0.416 e. The number of hydrogen-bond acceptors (Lipinski definition) is 3. The lowest BCUT2D eigenvalue weighted by Crippen LogP contribution is -2.43. The third-order valence-corrected chi connectivity index (χ3v) is 7.60. The minimum atomic E-state index is -4.96. The summed E-state index contributed by atoms with van der Waals surface area (Å²) in [4.78, 5) is 13.9. The number of carbonyl (C=O) groups excluding carboxylic acids is 1. The Kier molecular flexibility index (Phi) is 8.09. The molecule has 1 aliphatic carbocycles. The molecule has 2 N–H and O–H groups in total. The molecule has 1 saturated carbocycles. The first-order valence-electron chi connectivity index (χ1n) is 12.5. The van der Waals surface area contributed by atoms with Crippen LogP contribution < -0.4 is 5.73 Å². The highest BCUT2D eigenvalue weighted by Gasteiger charge is 2.42. The molecule has 3 unspecified atom stereocenters. The van der Waals surface area contributed by atoms with E-state index in [1.807, 2.05) is 4.90 Å². The fourth-order valence-corrected chi connectivity index (χ4v) is 5.79. The Bertz CT molecular complexity index is 1100. The van der Waals surface area contributed by atoms with Crippen molar-refractivity contribution in [1.29, 1.82) is 0 Å². The lowest BCUT2D eigenvalue weighted by molar-refractivity contribution is -0.143. The van der Waals surface area contributed by atoms with Gasteiger partial charge in [-0.05, 0) is 86.5 Å². The van der Waals surface area contributed by atoms with Crippen molar-refractivity contribution in [3.8, 4) is 0 Å². The second kappa shape index (κ2) is 10.8. The maximum atomic E-state index is 13.7. The molecule has 4 rings (SSSR count). The zero-order valence-corrected chi connectivity index (χ0v) is 20.7. The predicted octanol–water partition coefficient (Wildman–Crippen LogP) is 6.45. The van der Waals surface area contributed by atoms with Crippen molar-refractivity contribution >= 4 is 5.91 Å². The van der Waals surface area contributed by atoms with Crippen LogP contribution in [0.3, 0.4) is 0 Å². The van der Waals surface area contributed by atoms with Gasteiger partial charge in [0.15, 0.2) is 0 Å². The fourth-order valence-electron chi connectivity index (χ4n) is 5.79. The number of hydrogen-bond donors (Lipinski definition) is 1. The number of nitrogens with two attached hydrogens (primary N) is 1. The van der Waals surface area contributed by atoms with Crippen LogP contribution in [-0.4, -0.2) is 36.0 Å². The fraction of sp³-hybridized carbons (Fsp3) is 0.519. The number of nitrogens with zero attached hydrogens (tertiary/aromatic N) is 1. The number of primary amides is 1. The topological polar surface area (TPSA) is 55.6 Å². The highest BCUT2D eigenvalue weighted by molar-refractivity contribution is 5.80. The van der Waals surface area contributed by atoms with Crippen LogP contribution >= 0.6 is 0 Å². The number of alkyl halides is 6. The van der Waals surface area contributed by atoms with E-state index in [4.69, 9.17) is 10.5 Å². The van der Waals surface area contributed by atoms with E-state index in [-0.39, 0.29) is 23.5 Å². The SMILES string of the molecule is C[C@@H](OC1CCC(CN2CCC[C@@H]2C(N)=O)C1c1ccc(F)cc1)c1cc(C(F)(F)F)cc(C(F)(F)F)c1. The van der Waals surface area contributed by atoms with E-state index >= 15 is 0 Å². The normalized spacial score (nSPS) is 25.6. The monoisotopic (exact) mass is 546 g/mol. The van der Waals surface area contributed by atoms with Gasteiger partial charge in [-0.2, -0.15) is 26.3 Å². The Labute approximate surface area is 215 Å². The Morgan fingerprint density at radius 1 is 1.00 bits per heavy atom. The zero-order valence-electron chi connectivity index (χ0n) is 20.7. The van der Waals surface area contributed by atoms with Crippen LogP contribution in [0.25, 0.3) is 0 Å². The molecule has 11 heteroatoms. The van der Waals surface area contributed by atoms with Gasteiger partial charge in [-0.1, -0.05) is 12.1 Å². The van der Waals surface area contributed by atoms with Crippen LogP contribution in [0.15, 0.2) is 42.5 Å². The predicted molar refractivity (Wildman–Crippen MR) is 125 cm³/mol. The molecule has 2 fully saturated rings. The van der Waals surface area contributed by atoms with Crippen LogP contribution in [-0.2, 0) is 21.9 Å². The maximum absolute atomic E-state index is 13.7.